The van der Waals surface area contributed by atoms with Gasteiger partial charge in [-0.2, -0.15) is 0 Å². The minimum atomic E-state index is -0.193. The molecule has 4 aliphatic carbocycles. The number of halogens is 1. The minimum absolute atomic E-state index is 0.0218. The monoisotopic (exact) mass is 497 g/mol. The number of carbonyl (C=O) groups excluding carboxylic acids is 1. The average Bonchev–Trinajstić information content (AvgIpc) is 3.22. The second-order valence-electron chi connectivity index (χ2n) is 11.0. The minimum Gasteiger partial charge on any atom is -0.340 e. The van der Waals surface area contributed by atoms with Crippen molar-refractivity contribution in [1.29, 1.82) is 0 Å². The number of nitrogens with zero attached hydrogens (tertiary/aromatic N) is 5. The summed E-state index contributed by atoms with van der Waals surface area (Å²) in [5.41, 5.74) is 2.45. The van der Waals surface area contributed by atoms with E-state index in [-0.39, 0.29) is 11.0 Å². The van der Waals surface area contributed by atoms with E-state index in [1.165, 1.54) is 17.5 Å². The fourth-order valence-electron chi connectivity index (χ4n) is 7.60. The predicted molar refractivity (Wildman–Crippen MR) is 126 cm³/mol. The van der Waals surface area contributed by atoms with Gasteiger partial charge in [0.25, 0.3) is 0 Å². The number of hydrogen-bond acceptors (Lipinski definition) is 4. The zero-order valence-corrected chi connectivity index (χ0v) is 20.4. The molecule has 4 bridgehead atoms. The number of aromatic nitrogens is 3. The van der Waals surface area contributed by atoms with Gasteiger partial charge >= 0.3 is 0 Å². The number of amides is 1. The van der Waals surface area contributed by atoms with E-state index in [0.717, 1.165) is 64.8 Å². The molecular formula is C25H32BrN5O. The highest BCUT2D eigenvalue weighted by Gasteiger charge is 2.62. The fraction of sp³-hybridized carbons (Fsp3) is 0.640. The van der Waals surface area contributed by atoms with Gasteiger partial charge in [0, 0.05) is 32.7 Å². The predicted octanol–water partition coefficient (Wildman–Crippen LogP) is 3.99. The first-order chi connectivity index (χ1) is 15.4. The van der Waals surface area contributed by atoms with E-state index >= 15 is 0 Å². The molecule has 170 valence electrons. The van der Waals surface area contributed by atoms with Crippen LogP contribution in [0.3, 0.4) is 0 Å². The molecule has 0 radical (unpaired) electrons. The molecule has 1 aliphatic heterocycles. The summed E-state index contributed by atoms with van der Waals surface area (Å²) >= 11 is 3.43. The van der Waals surface area contributed by atoms with Crippen molar-refractivity contribution in [3.05, 3.63) is 46.5 Å². The van der Waals surface area contributed by atoms with Crippen molar-refractivity contribution < 1.29 is 4.79 Å². The molecule has 1 aromatic carbocycles. The van der Waals surface area contributed by atoms with Gasteiger partial charge in [0.05, 0.1) is 11.0 Å². The van der Waals surface area contributed by atoms with Crippen LogP contribution in [0.4, 0.5) is 0 Å². The molecule has 0 spiro atoms. The number of piperazine rings is 1. The van der Waals surface area contributed by atoms with Gasteiger partial charge in [0.15, 0.2) is 0 Å². The van der Waals surface area contributed by atoms with Crippen LogP contribution in [0.1, 0.15) is 49.7 Å². The molecule has 4 saturated carbocycles. The van der Waals surface area contributed by atoms with E-state index in [0.29, 0.717) is 22.5 Å². The summed E-state index contributed by atoms with van der Waals surface area (Å²) in [7, 11) is 0. The van der Waals surface area contributed by atoms with E-state index in [4.69, 9.17) is 0 Å². The van der Waals surface area contributed by atoms with E-state index in [1.807, 2.05) is 6.33 Å². The fourth-order valence-corrected chi connectivity index (χ4v) is 7.86. The second kappa shape index (κ2) is 7.66. The topological polar surface area (TPSA) is 54.3 Å². The van der Waals surface area contributed by atoms with Crippen molar-refractivity contribution in [2.75, 3.05) is 26.2 Å². The van der Waals surface area contributed by atoms with Gasteiger partial charge in [-0.15, -0.1) is 5.10 Å². The van der Waals surface area contributed by atoms with Crippen molar-refractivity contribution in [2.45, 2.75) is 57.5 Å². The van der Waals surface area contributed by atoms with E-state index in [1.54, 1.807) is 0 Å². The van der Waals surface area contributed by atoms with Crippen LogP contribution in [0.5, 0.6) is 0 Å². The Bertz CT molecular complexity index is 996. The van der Waals surface area contributed by atoms with Crippen molar-refractivity contribution in [1.82, 2.24) is 24.6 Å². The van der Waals surface area contributed by atoms with Crippen LogP contribution in [-0.4, -0.2) is 56.7 Å². The lowest BCUT2D eigenvalue weighted by atomic mass is 9.46. The molecule has 32 heavy (non-hydrogen) atoms. The summed E-state index contributed by atoms with van der Waals surface area (Å²) in [6, 6.07) is 8.83. The first-order valence-electron chi connectivity index (χ1n) is 12.1. The van der Waals surface area contributed by atoms with E-state index in [9.17, 15) is 4.79 Å². The second-order valence-corrected chi connectivity index (χ2v) is 11.7. The smallest absolute Gasteiger partial charge is 0.228 e. The molecule has 0 N–H and O–H groups in total. The molecular weight excluding hydrogens is 466 g/mol. The first kappa shape index (κ1) is 20.8. The summed E-state index contributed by atoms with van der Waals surface area (Å²) in [6.07, 6.45) is 8.55. The third kappa shape index (κ3) is 3.52. The highest BCUT2D eigenvalue weighted by Crippen LogP contribution is 2.64. The maximum atomic E-state index is 14.0. The number of carbonyl (C=O) groups is 1. The lowest BCUT2D eigenvalue weighted by Crippen LogP contribution is -2.62. The molecule has 2 atom stereocenters. The Kier molecular flexibility index (Phi) is 4.99. The maximum Gasteiger partial charge on any atom is 0.228 e. The Balaban J connectivity index is 1.16. The van der Waals surface area contributed by atoms with Gasteiger partial charge in [-0.1, -0.05) is 29.8 Å². The molecule has 1 amide bonds. The number of hydrogen-bond donors (Lipinski definition) is 0. The Morgan fingerprint density at radius 1 is 1.06 bits per heavy atom. The standard InChI is InChI=1S/C25H32BrN5O/c1-18-2-4-19(5-3-18)15-29-6-8-30(9-7-29)22(32)24-11-20-10-21(12-24)14-25(13-20,16-24)31-17-27-23(26)28-31/h2-5,17,20-21H,6-16H2,1H3/t20-,21-,24?,25?/m1/s1. The maximum absolute atomic E-state index is 14.0. The molecule has 2 heterocycles. The third-order valence-electron chi connectivity index (χ3n) is 8.62. The largest absolute Gasteiger partial charge is 0.340 e. The van der Waals surface area contributed by atoms with Gasteiger partial charge in [-0.05, 0) is 78.8 Å². The molecule has 5 fully saturated rings. The summed E-state index contributed by atoms with van der Waals surface area (Å²) in [4.78, 5) is 23.0. The zero-order chi connectivity index (χ0) is 21.9. The molecule has 5 aliphatic rings. The lowest BCUT2D eigenvalue weighted by molar-refractivity contribution is -0.168. The Hall–Kier alpha value is -1.73. The highest BCUT2D eigenvalue weighted by atomic mass is 79.9. The molecule has 2 aromatic rings. The van der Waals surface area contributed by atoms with Crippen LogP contribution in [-0.2, 0) is 16.9 Å². The van der Waals surface area contributed by atoms with E-state index in [2.05, 4.69) is 71.7 Å². The normalized spacial score (nSPS) is 34.2. The molecule has 7 heteroatoms. The van der Waals surface area contributed by atoms with Crippen LogP contribution in [0.25, 0.3) is 0 Å². The Morgan fingerprint density at radius 3 is 2.38 bits per heavy atom. The van der Waals surface area contributed by atoms with Gasteiger partial charge in [0.2, 0.25) is 10.6 Å². The van der Waals surface area contributed by atoms with Crippen LogP contribution in [0, 0.1) is 24.2 Å². The van der Waals surface area contributed by atoms with Crippen LogP contribution >= 0.6 is 15.9 Å². The summed E-state index contributed by atoms with van der Waals surface area (Å²) in [5, 5.41) is 4.65. The zero-order valence-electron chi connectivity index (χ0n) is 18.8. The van der Waals surface area contributed by atoms with Crippen LogP contribution in [0.2, 0.25) is 0 Å². The van der Waals surface area contributed by atoms with Crippen LogP contribution < -0.4 is 0 Å². The van der Waals surface area contributed by atoms with E-state index < -0.39 is 0 Å². The Morgan fingerprint density at radius 2 is 1.75 bits per heavy atom. The lowest BCUT2D eigenvalue weighted by Gasteiger charge is -2.61. The van der Waals surface area contributed by atoms with Gasteiger partial charge in [-0.25, -0.2) is 9.67 Å². The number of rotatable bonds is 4. The molecule has 0 unspecified atom stereocenters. The van der Waals surface area contributed by atoms with Crippen molar-refractivity contribution in [2.24, 2.45) is 17.3 Å². The summed E-state index contributed by atoms with van der Waals surface area (Å²) < 4.78 is 2.74. The van der Waals surface area contributed by atoms with Gasteiger partial charge in [0.1, 0.15) is 6.33 Å². The third-order valence-corrected chi connectivity index (χ3v) is 8.98. The van der Waals surface area contributed by atoms with Crippen molar-refractivity contribution in [3.63, 3.8) is 0 Å². The molecule has 1 aromatic heterocycles. The first-order valence-corrected chi connectivity index (χ1v) is 12.9. The van der Waals surface area contributed by atoms with Gasteiger partial charge < -0.3 is 4.90 Å². The molecule has 1 saturated heterocycles. The van der Waals surface area contributed by atoms with Crippen molar-refractivity contribution >= 4 is 21.8 Å². The molecule has 7 rings (SSSR count). The SMILES string of the molecule is Cc1ccc(CN2CCN(C(=O)C34C[C@H]5C[C@H](C3)CC(n3cnc(Br)n3)(C5)C4)CC2)cc1. The quantitative estimate of drug-likeness (QED) is 0.640. The summed E-state index contributed by atoms with van der Waals surface area (Å²) in [5.74, 6) is 1.71. The number of benzene rings is 1. The van der Waals surface area contributed by atoms with Crippen LogP contribution in [0.15, 0.2) is 35.3 Å². The Labute approximate surface area is 198 Å². The average molecular weight is 498 g/mol. The van der Waals surface area contributed by atoms with Crippen molar-refractivity contribution in [3.8, 4) is 0 Å². The summed E-state index contributed by atoms with van der Waals surface area (Å²) in [6.45, 7) is 6.73. The highest BCUT2D eigenvalue weighted by molar-refractivity contribution is 9.10. The number of aryl methyl sites for hydroxylation is 1. The van der Waals surface area contributed by atoms with Gasteiger partial charge in [-0.3, -0.25) is 9.69 Å². The molecule has 6 nitrogen and oxygen atoms in total.